The first-order valence-corrected chi connectivity index (χ1v) is 9.79. The summed E-state index contributed by atoms with van der Waals surface area (Å²) in [6, 6.07) is 16.8. The maximum Gasteiger partial charge on any atom is 0.225 e. The summed E-state index contributed by atoms with van der Waals surface area (Å²) in [4.78, 5) is 26.9. The van der Waals surface area contributed by atoms with E-state index in [1.165, 1.54) is 16.7 Å². The number of benzene rings is 2. The summed E-state index contributed by atoms with van der Waals surface area (Å²) in [5.41, 5.74) is 5.04. The monoisotopic (exact) mass is 362 g/mol. The summed E-state index contributed by atoms with van der Waals surface area (Å²) < 4.78 is 0. The van der Waals surface area contributed by atoms with Gasteiger partial charge in [-0.2, -0.15) is 0 Å². The zero-order chi connectivity index (χ0) is 18.8. The Balaban J connectivity index is 1.33. The second-order valence-electron chi connectivity index (χ2n) is 7.88. The summed E-state index contributed by atoms with van der Waals surface area (Å²) in [5, 5.41) is 3.20. The van der Waals surface area contributed by atoms with Crippen LogP contribution in [0.1, 0.15) is 35.1 Å². The number of carbonyl (C=O) groups excluding carboxylic acids is 2. The fourth-order valence-electron chi connectivity index (χ4n) is 4.15. The van der Waals surface area contributed by atoms with Crippen LogP contribution in [0.2, 0.25) is 0 Å². The highest BCUT2D eigenvalue weighted by molar-refractivity contribution is 5.89. The average Bonchev–Trinajstić information content (AvgIpc) is 3.04. The molecule has 27 heavy (non-hydrogen) atoms. The number of aryl methyl sites for hydroxylation is 2. The Morgan fingerprint density at radius 3 is 2.59 bits per heavy atom. The second-order valence-corrected chi connectivity index (χ2v) is 7.88. The van der Waals surface area contributed by atoms with E-state index >= 15 is 0 Å². The molecule has 0 spiro atoms. The van der Waals surface area contributed by atoms with E-state index in [1.54, 1.807) is 0 Å². The maximum atomic E-state index is 12.7. The predicted octanol–water partition coefficient (Wildman–Crippen LogP) is 3.02. The zero-order valence-electron chi connectivity index (χ0n) is 15.8. The number of fused-ring (bicyclic) bond motifs is 1. The van der Waals surface area contributed by atoms with Crippen molar-refractivity contribution in [1.29, 1.82) is 0 Å². The lowest BCUT2D eigenvalue weighted by molar-refractivity contribution is -0.129. The summed E-state index contributed by atoms with van der Waals surface area (Å²) in [5.74, 6) is -0.135. The van der Waals surface area contributed by atoms with Crippen LogP contribution < -0.4 is 5.32 Å². The van der Waals surface area contributed by atoms with Gasteiger partial charge in [-0.15, -0.1) is 0 Å². The number of hydrogen-bond donors (Lipinski definition) is 1. The molecule has 1 heterocycles. The van der Waals surface area contributed by atoms with Gasteiger partial charge < -0.3 is 10.2 Å². The molecule has 2 aromatic carbocycles. The number of nitrogens with one attached hydrogen (secondary N) is 1. The molecular formula is C23H26N2O2. The van der Waals surface area contributed by atoms with Gasteiger partial charge in [0.1, 0.15) is 0 Å². The number of carbonyl (C=O) groups is 2. The van der Waals surface area contributed by atoms with Gasteiger partial charge in [0.2, 0.25) is 11.8 Å². The van der Waals surface area contributed by atoms with Gasteiger partial charge in [0.25, 0.3) is 0 Å². The number of amides is 2. The number of likely N-dealkylation sites (tertiary alicyclic amines) is 1. The van der Waals surface area contributed by atoms with Gasteiger partial charge in [-0.05, 0) is 42.9 Å². The van der Waals surface area contributed by atoms with Crippen LogP contribution in [0.4, 0.5) is 0 Å². The van der Waals surface area contributed by atoms with Crippen LogP contribution in [0.15, 0.2) is 48.5 Å². The minimum atomic E-state index is -0.236. The molecule has 2 aliphatic rings. The van der Waals surface area contributed by atoms with Gasteiger partial charge in [-0.3, -0.25) is 9.59 Å². The fourth-order valence-corrected chi connectivity index (χ4v) is 4.15. The summed E-state index contributed by atoms with van der Waals surface area (Å²) in [6.45, 7) is 3.15. The average molecular weight is 362 g/mol. The molecule has 0 radical (unpaired) electrons. The Labute approximate surface area is 160 Å². The van der Waals surface area contributed by atoms with E-state index in [9.17, 15) is 9.59 Å². The largest absolute Gasteiger partial charge is 0.353 e. The van der Waals surface area contributed by atoms with E-state index in [1.807, 2.05) is 4.90 Å². The summed E-state index contributed by atoms with van der Waals surface area (Å²) in [6.07, 6.45) is 3.18. The van der Waals surface area contributed by atoms with E-state index in [-0.39, 0.29) is 23.8 Å². The van der Waals surface area contributed by atoms with Gasteiger partial charge in [0, 0.05) is 25.6 Å². The van der Waals surface area contributed by atoms with E-state index in [0.29, 0.717) is 19.5 Å². The summed E-state index contributed by atoms with van der Waals surface area (Å²) >= 11 is 0. The molecule has 0 saturated carbocycles. The Morgan fingerprint density at radius 2 is 1.81 bits per heavy atom. The molecule has 1 saturated heterocycles. The minimum absolute atomic E-state index is 0.0270. The molecule has 1 N–H and O–H groups in total. The molecule has 2 atom stereocenters. The van der Waals surface area contributed by atoms with Crippen molar-refractivity contribution >= 4 is 11.8 Å². The van der Waals surface area contributed by atoms with Crippen LogP contribution in [0.5, 0.6) is 0 Å². The molecule has 4 rings (SSSR count). The maximum absolute atomic E-state index is 12.7. The molecule has 1 aliphatic heterocycles. The standard InChI is InChI=1S/C23H26N2O2/c1-16-6-8-17(9-7-16)14-25-15-20(13-22(25)26)23(27)24-21-11-10-18-4-2-3-5-19(18)12-21/h2-9,20-21H,10-15H2,1H3,(H,24,27). The predicted molar refractivity (Wildman–Crippen MR) is 105 cm³/mol. The van der Waals surface area contributed by atoms with Crippen molar-refractivity contribution in [3.63, 3.8) is 0 Å². The van der Waals surface area contributed by atoms with Crippen LogP contribution in [-0.4, -0.2) is 29.3 Å². The molecule has 2 aromatic rings. The third kappa shape index (κ3) is 4.05. The molecule has 140 valence electrons. The molecule has 0 aromatic heterocycles. The van der Waals surface area contributed by atoms with Gasteiger partial charge >= 0.3 is 0 Å². The SMILES string of the molecule is Cc1ccc(CN2CC(C(=O)NC3CCc4ccccc4C3)CC2=O)cc1. The smallest absolute Gasteiger partial charge is 0.225 e. The highest BCUT2D eigenvalue weighted by Crippen LogP contribution is 2.24. The fraction of sp³-hybridized carbons (Fsp3) is 0.391. The van der Waals surface area contributed by atoms with Gasteiger partial charge in [0.15, 0.2) is 0 Å². The van der Waals surface area contributed by atoms with Crippen LogP contribution in [0, 0.1) is 12.8 Å². The molecule has 0 bridgehead atoms. The normalized spacial score (nSPS) is 21.8. The van der Waals surface area contributed by atoms with Crippen LogP contribution in [0.25, 0.3) is 0 Å². The van der Waals surface area contributed by atoms with Crippen molar-refractivity contribution in [1.82, 2.24) is 10.2 Å². The van der Waals surface area contributed by atoms with Crippen molar-refractivity contribution in [3.05, 3.63) is 70.8 Å². The Kier molecular flexibility index (Phi) is 4.97. The highest BCUT2D eigenvalue weighted by atomic mass is 16.2. The van der Waals surface area contributed by atoms with E-state index in [0.717, 1.165) is 24.8 Å². The van der Waals surface area contributed by atoms with E-state index < -0.39 is 0 Å². The minimum Gasteiger partial charge on any atom is -0.353 e. The molecular weight excluding hydrogens is 336 g/mol. The van der Waals surface area contributed by atoms with E-state index in [4.69, 9.17) is 0 Å². The molecule has 4 nitrogen and oxygen atoms in total. The Hall–Kier alpha value is -2.62. The first-order chi connectivity index (χ1) is 13.1. The lowest BCUT2D eigenvalue weighted by Gasteiger charge is -2.26. The van der Waals surface area contributed by atoms with Crippen molar-refractivity contribution in [2.45, 2.75) is 45.2 Å². The van der Waals surface area contributed by atoms with Crippen LogP contribution in [-0.2, 0) is 29.0 Å². The summed E-state index contributed by atoms with van der Waals surface area (Å²) in [7, 11) is 0. The first kappa shape index (κ1) is 17.8. The van der Waals surface area contributed by atoms with Gasteiger partial charge in [-0.25, -0.2) is 0 Å². The molecule has 4 heteroatoms. The van der Waals surface area contributed by atoms with Gasteiger partial charge in [0.05, 0.1) is 5.92 Å². The topological polar surface area (TPSA) is 49.4 Å². The molecule has 2 unspecified atom stereocenters. The molecule has 1 aliphatic carbocycles. The second kappa shape index (κ2) is 7.55. The molecule has 2 amide bonds. The number of nitrogens with zero attached hydrogens (tertiary/aromatic N) is 1. The molecule has 1 fully saturated rings. The van der Waals surface area contributed by atoms with Crippen molar-refractivity contribution in [3.8, 4) is 0 Å². The number of rotatable bonds is 4. The van der Waals surface area contributed by atoms with Crippen molar-refractivity contribution in [2.75, 3.05) is 6.54 Å². The lowest BCUT2D eigenvalue weighted by Crippen LogP contribution is -2.42. The van der Waals surface area contributed by atoms with Crippen LogP contribution >= 0.6 is 0 Å². The third-order valence-electron chi connectivity index (χ3n) is 5.77. The van der Waals surface area contributed by atoms with Crippen molar-refractivity contribution < 1.29 is 9.59 Å². The van der Waals surface area contributed by atoms with Gasteiger partial charge in [-0.1, -0.05) is 54.1 Å². The number of hydrogen-bond acceptors (Lipinski definition) is 2. The quantitative estimate of drug-likeness (QED) is 0.909. The van der Waals surface area contributed by atoms with E-state index in [2.05, 4.69) is 60.8 Å². The first-order valence-electron chi connectivity index (χ1n) is 9.79. The Morgan fingerprint density at radius 1 is 1.07 bits per heavy atom. The lowest BCUT2D eigenvalue weighted by atomic mass is 9.88. The van der Waals surface area contributed by atoms with Crippen LogP contribution in [0.3, 0.4) is 0 Å². The van der Waals surface area contributed by atoms with Crippen molar-refractivity contribution in [2.24, 2.45) is 5.92 Å². The zero-order valence-corrected chi connectivity index (χ0v) is 15.8. The third-order valence-corrected chi connectivity index (χ3v) is 5.77. The Bertz CT molecular complexity index is 844. The highest BCUT2D eigenvalue weighted by Gasteiger charge is 2.35.